The second kappa shape index (κ2) is 7.72. The molecule has 0 saturated carbocycles. The van der Waals surface area contributed by atoms with Crippen LogP contribution in [0.15, 0.2) is 11.6 Å². The number of ether oxygens (including phenoxy) is 1. The van der Waals surface area contributed by atoms with Crippen LogP contribution in [0, 0.1) is 0 Å². The van der Waals surface area contributed by atoms with E-state index in [1.807, 2.05) is 18.5 Å². The van der Waals surface area contributed by atoms with Crippen LogP contribution in [0.25, 0.3) is 0 Å². The summed E-state index contributed by atoms with van der Waals surface area (Å²) < 4.78 is 5.46. The van der Waals surface area contributed by atoms with Crippen molar-refractivity contribution in [2.45, 2.75) is 26.2 Å². The lowest BCUT2D eigenvalue weighted by Crippen LogP contribution is -2.14. The van der Waals surface area contributed by atoms with Gasteiger partial charge in [0.05, 0.1) is 11.6 Å². The van der Waals surface area contributed by atoms with E-state index in [-0.39, 0.29) is 0 Å². The van der Waals surface area contributed by atoms with E-state index in [0.29, 0.717) is 37.0 Å². The maximum absolute atomic E-state index is 5.46. The van der Waals surface area contributed by atoms with Crippen LogP contribution >= 0.6 is 11.3 Å². The second-order valence-corrected chi connectivity index (χ2v) is 5.44. The summed E-state index contributed by atoms with van der Waals surface area (Å²) >= 11 is 1.65. The molecule has 2 aromatic heterocycles. The monoisotopic (exact) mass is 308 g/mol. The molecule has 1 unspecified atom stereocenters. The van der Waals surface area contributed by atoms with Crippen LogP contribution in [0.5, 0.6) is 6.01 Å². The Morgan fingerprint density at radius 1 is 1.29 bits per heavy atom. The van der Waals surface area contributed by atoms with Gasteiger partial charge in [0, 0.05) is 31.1 Å². The van der Waals surface area contributed by atoms with Gasteiger partial charge >= 0.3 is 6.01 Å². The molecule has 1 atom stereocenters. The lowest BCUT2D eigenvalue weighted by atomic mass is 10.2. The smallest absolute Gasteiger partial charge is 0.323 e. The Kier molecular flexibility index (Phi) is 5.68. The summed E-state index contributed by atoms with van der Waals surface area (Å²) in [5.74, 6) is 1.28. The highest BCUT2D eigenvalue weighted by Gasteiger charge is 2.11. The normalized spacial score (nSPS) is 12.0. The second-order valence-electron chi connectivity index (χ2n) is 4.52. The van der Waals surface area contributed by atoms with Gasteiger partial charge in [-0.2, -0.15) is 15.0 Å². The van der Waals surface area contributed by atoms with E-state index in [4.69, 9.17) is 4.74 Å². The molecular formula is C13H20N6OS. The molecule has 0 fully saturated rings. The predicted molar refractivity (Wildman–Crippen MR) is 84.2 cm³/mol. The molecule has 0 aliphatic carbocycles. The molecule has 2 heterocycles. The summed E-state index contributed by atoms with van der Waals surface area (Å²) in [4.78, 5) is 17.0. The first-order valence-corrected chi connectivity index (χ1v) is 7.80. The highest BCUT2D eigenvalue weighted by Crippen LogP contribution is 2.18. The SMILES string of the molecule is CCCOc1nc(NC)nc(NCC(C)c2nccs2)n1. The van der Waals surface area contributed by atoms with Crippen molar-refractivity contribution in [1.82, 2.24) is 19.9 Å². The predicted octanol–water partition coefficient (Wildman–Crippen LogP) is 2.37. The molecule has 0 aromatic carbocycles. The van der Waals surface area contributed by atoms with Gasteiger partial charge in [-0.25, -0.2) is 4.98 Å². The first-order chi connectivity index (χ1) is 10.2. The maximum Gasteiger partial charge on any atom is 0.323 e. The molecule has 0 amide bonds. The van der Waals surface area contributed by atoms with Crippen LogP contribution in [0.1, 0.15) is 31.2 Å². The van der Waals surface area contributed by atoms with Crippen LogP contribution in [0.2, 0.25) is 0 Å². The minimum Gasteiger partial charge on any atom is -0.463 e. The van der Waals surface area contributed by atoms with Crippen LogP contribution in [0.3, 0.4) is 0 Å². The fourth-order valence-electron chi connectivity index (χ4n) is 1.61. The van der Waals surface area contributed by atoms with E-state index in [1.165, 1.54) is 0 Å². The third-order valence-electron chi connectivity index (χ3n) is 2.71. The Balaban J connectivity index is 2.01. The standard InChI is InChI=1S/C13H20N6OS/c1-4-6-20-13-18-11(14-3)17-12(19-13)16-8-9(2)10-15-5-7-21-10/h5,7,9H,4,6,8H2,1-3H3,(H2,14,16,17,18,19). The largest absolute Gasteiger partial charge is 0.463 e. The molecule has 0 aliphatic heterocycles. The first kappa shape index (κ1) is 15.4. The Labute approximate surface area is 128 Å². The van der Waals surface area contributed by atoms with Crippen LogP contribution in [0.4, 0.5) is 11.9 Å². The average Bonchev–Trinajstić information content (AvgIpc) is 3.04. The molecule has 2 aromatic rings. The molecule has 2 rings (SSSR count). The van der Waals surface area contributed by atoms with Gasteiger partial charge in [-0.05, 0) is 6.42 Å². The Morgan fingerprint density at radius 3 is 2.76 bits per heavy atom. The minimum atomic E-state index is 0.291. The lowest BCUT2D eigenvalue weighted by molar-refractivity contribution is 0.292. The molecule has 7 nitrogen and oxygen atoms in total. The van der Waals surface area contributed by atoms with E-state index < -0.39 is 0 Å². The third kappa shape index (κ3) is 4.52. The van der Waals surface area contributed by atoms with Gasteiger partial charge in [0.15, 0.2) is 0 Å². The molecule has 0 saturated heterocycles. The van der Waals surface area contributed by atoms with Crippen molar-refractivity contribution < 1.29 is 4.74 Å². The van der Waals surface area contributed by atoms with Gasteiger partial charge in [0.2, 0.25) is 11.9 Å². The Bertz CT molecular complexity index is 548. The number of anilines is 2. The van der Waals surface area contributed by atoms with E-state index in [1.54, 1.807) is 18.4 Å². The zero-order valence-electron chi connectivity index (χ0n) is 12.5. The van der Waals surface area contributed by atoms with Crippen molar-refractivity contribution in [3.8, 4) is 6.01 Å². The summed E-state index contributed by atoms with van der Waals surface area (Å²) in [6, 6.07) is 0.334. The zero-order valence-corrected chi connectivity index (χ0v) is 13.3. The van der Waals surface area contributed by atoms with Crippen molar-refractivity contribution >= 4 is 23.2 Å². The lowest BCUT2D eigenvalue weighted by Gasteiger charge is -2.11. The van der Waals surface area contributed by atoms with Crippen LogP contribution < -0.4 is 15.4 Å². The van der Waals surface area contributed by atoms with Crippen molar-refractivity contribution in [3.63, 3.8) is 0 Å². The summed E-state index contributed by atoms with van der Waals surface area (Å²) in [5, 5.41) is 9.18. The summed E-state index contributed by atoms with van der Waals surface area (Å²) in [6.07, 6.45) is 2.72. The Hall–Kier alpha value is -1.96. The molecule has 0 bridgehead atoms. The summed E-state index contributed by atoms with van der Waals surface area (Å²) in [7, 11) is 1.76. The number of nitrogens with one attached hydrogen (secondary N) is 2. The van der Waals surface area contributed by atoms with E-state index in [2.05, 4.69) is 37.5 Å². The average molecular weight is 308 g/mol. The number of hydrogen-bond donors (Lipinski definition) is 2. The van der Waals surface area contributed by atoms with Gasteiger partial charge in [-0.3, -0.25) is 0 Å². The first-order valence-electron chi connectivity index (χ1n) is 6.92. The molecule has 0 spiro atoms. The highest BCUT2D eigenvalue weighted by atomic mass is 32.1. The topological polar surface area (TPSA) is 84.9 Å². The van der Waals surface area contributed by atoms with Crippen LogP contribution in [-0.2, 0) is 0 Å². The van der Waals surface area contributed by atoms with Gasteiger partial charge in [0.1, 0.15) is 0 Å². The maximum atomic E-state index is 5.46. The molecule has 0 aliphatic rings. The summed E-state index contributed by atoms with van der Waals surface area (Å²) in [6.45, 7) is 5.44. The quantitative estimate of drug-likeness (QED) is 0.774. The molecule has 2 N–H and O–H groups in total. The molecular weight excluding hydrogens is 288 g/mol. The van der Waals surface area contributed by atoms with Crippen molar-refractivity contribution in [1.29, 1.82) is 0 Å². The van der Waals surface area contributed by atoms with E-state index >= 15 is 0 Å². The van der Waals surface area contributed by atoms with Gasteiger partial charge < -0.3 is 15.4 Å². The van der Waals surface area contributed by atoms with Gasteiger partial charge in [0.25, 0.3) is 0 Å². The molecule has 0 radical (unpaired) electrons. The van der Waals surface area contributed by atoms with E-state index in [0.717, 1.165) is 11.4 Å². The fraction of sp³-hybridized carbons (Fsp3) is 0.538. The number of hydrogen-bond acceptors (Lipinski definition) is 8. The number of aromatic nitrogens is 4. The minimum absolute atomic E-state index is 0.291. The molecule has 21 heavy (non-hydrogen) atoms. The molecule has 8 heteroatoms. The third-order valence-corrected chi connectivity index (χ3v) is 3.72. The zero-order chi connectivity index (χ0) is 15.1. The van der Waals surface area contributed by atoms with Crippen LogP contribution in [-0.4, -0.2) is 40.1 Å². The number of thiazole rings is 1. The van der Waals surface area contributed by atoms with Crippen molar-refractivity contribution in [2.24, 2.45) is 0 Å². The molecule has 114 valence electrons. The summed E-state index contributed by atoms with van der Waals surface area (Å²) in [5.41, 5.74) is 0. The Morgan fingerprint density at radius 2 is 2.10 bits per heavy atom. The van der Waals surface area contributed by atoms with E-state index in [9.17, 15) is 0 Å². The van der Waals surface area contributed by atoms with Gasteiger partial charge in [-0.15, -0.1) is 11.3 Å². The number of nitrogens with zero attached hydrogens (tertiary/aromatic N) is 4. The van der Waals surface area contributed by atoms with Crippen molar-refractivity contribution in [2.75, 3.05) is 30.8 Å². The van der Waals surface area contributed by atoms with Gasteiger partial charge in [-0.1, -0.05) is 13.8 Å². The van der Waals surface area contributed by atoms with Crippen molar-refractivity contribution in [3.05, 3.63) is 16.6 Å². The number of rotatable bonds is 8. The highest BCUT2D eigenvalue weighted by molar-refractivity contribution is 7.09. The fourth-order valence-corrected chi connectivity index (χ4v) is 2.31.